The summed E-state index contributed by atoms with van der Waals surface area (Å²) in [7, 11) is 1.87. The van der Waals surface area contributed by atoms with E-state index in [2.05, 4.69) is 43.5 Å². The summed E-state index contributed by atoms with van der Waals surface area (Å²) in [6.07, 6.45) is 5.06. The van der Waals surface area contributed by atoms with Gasteiger partial charge in [0, 0.05) is 46.0 Å². The van der Waals surface area contributed by atoms with Crippen LogP contribution in [0.3, 0.4) is 0 Å². The van der Waals surface area contributed by atoms with Gasteiger partial charge in [-0.05, 0) is 74.3 Å². The highest BCUT2D eigenvalue weighted by molar-refractivity contribution is 5.77. The van der Waals surface area contributed by atoms with E-state index >= 15 is 0 Å². The van der Waals surface area contributed by atoms with Crippen LogP contribution in [0.5, 0.6) is 11.5 Å². The van der Waals surface area contributed by atoms with Crippen LogP contribution in [0, 0.1) is 13.8 Å². The van der Waals surface area contributed by atoms with Gasteiger partial charge in [0.05, 0.1) is 17.5 Å². The van der Waals surface area contributed by atoms with Gasteiger partial charge >= 0.3 is 11.9 Å². The Kier molecular flexibility index (Phi) is 7.40. The monoisotopic (exact) mass is 586 g/mol. The third-order valence-corrected chi connectivity index (χ3v) is 10.5. The van der Waals surface area contributed by atoms with Crippen molar-refractivity contribution in [1.29, 1.82) is 0 Å². The summed E-state index contributed by atoms with van der Waals surface area (Å²) in [5, 5.41) is 0. The number of carbonyl (C=O) groups excluding carboxylic acids is 3. The predicted molar refractivity (Wildman–Crippen MR) is 162 cm³/mol. The minimum Gasteiger partial charge on any atom is -0.483 e. The molecule has 8 heteroatoms. The van der Waals surface area contributed by atoms with E-state index in [0.29, 0.717) is 56.6 Å². The van der Waals surface area contributed by atoms with E-state index < -0.39 is 23.1 Å². The number of hydrogen-bond donors (Lipinski definition) is 0. The first-order valence-corrected chi connectivity index (χ1v) is 15.4. The molecule has 2 aromatic carbocycles. The van der Waals surface area contributed by atoms with Crippen LogP contribution >= 0.6 is 0 Å². The smallest absolute Gasteiger partial charge is 0.308 e. The van der Waals surface area contributed by atoms with E-state index in [0.717, 1.165) is 23.2 Å². The summed E-state index contributed by atoms with van der Waals surface area (Å²) in [4.78, 5) is 43.0. The lowest BCUT2D eigenvalue weighted by Crippen LogP contribution is -2.79. The average Bonchev–Trinajstić information content (AvgIpc) is 3.30. The van der Waals surface area contributed by atoms with Gasteiger partial charge in [-0.15, -0.1) is 6.58 Å². The maximum atomic E-state index is 13.8. The Morgan fingerprint density at radius 2 is 1.91 bits per heavy atom. The molecule has 2 aromatic rings. The Morgan fingerprint density at radius 1 is 1.12 bits per heavy atom. The number of likely N-dealkylation sites (tertiary alicyclic amines) is 1. The zero-order valence-electron chi connectivity index (χ0n) is 25.9. The molecule has 2 heterocycles. The number of nitrogens with zero attached hydrogens (tertiary/aromatic N) is 2. The van der Waals surface area contributed by atoms with Crippen LogP contribution in [0.4, 0.5) is 0 Å². The number of ether oxygens (including phenoxy) is 3. The van der Waals surface area contributed by atoms with Crippen LogP contribution in [0.1, 0.15) is 67.3 Å². The molecule has 5 atom stereocenters. The Labute approximate surface area is 254 Å². The highest BCUT2D eigenvalue weighted by atomic mass is 16.6. The highest BCUT2D eigenvalue weighted by Gasteiger charge is 2.75. The van der Waals surface area contributed by atoms with Crippen molar-refractivity contribution in [1.82, 2.24) is 9.80 Å². The molecule has 2 unspecified atom stereocenters. The first-order valence-electron chi connectivity index (χ1n) is 15.4. The Hall–Kier alpha value is -3.65. The molecule has 0 aromatic heterocycles. The molecule has 43 heavy (non-hydrogen) atoms. The minimum absolute atomic E-state index is 0.0519. The maximum absolute atomic E-state index is 13.8. The molecule has 0 N–H and O–H groups in total. The van der Waals surface area contributed by atoms with E-state index in [1.807, 2.05) is 30.2 Å². The van der Waals surface area contributed by atoms with Gasteiger partial charge in [0.1, 0.15) is 11.7 Å². The number of amides is 1. The summed E-state index contributed by atoms with van der Waals surface area (Å²) < 4.78 is 19.1. The number of esters is 2. The van der Waals surface area contributed by atoms with Gasteiger partial charge in [0.15, 0.2) is 11.5 Å². The fraction of sp³-hybridized carbons (Fsp3) is 0.514. The topological polar surface area (TPSA) is 85.4 Å². The largest absolute Gasteiger partial charge is 0.483 e. The number of likely N-dealkylation sites (N-methyl/N-ethyl adjacent to an activating group) is 1. The van der Waals surface area contributed by atoms with Crippen LogP contribution in [0.25, 0.3) is 0 Å². The Morgan fingerprint density at radius 3 is 2.60 bits per heavy atom. The van der Waals surface area contributed by atoms with Crippen molar-refractivity contribution in [3.8, 4) is 11.5 Å². The molecule has 6 rings (SSSR count). The zero-order chi connectivity index (χ0) is 30.7. The van der Waals surface area contributed by atoms with E-state index in [1.165, 1.54) is 25.0 Å². The van der Waals surface area contributed by atoms with E-state index in [-0.39, 0.29) is 24.0 Å². The number of benzene rings is 2. The molecule has 4 aliphatic rings. The second-order valence-electron chi connectivity index (χ2n) is 12.8. The summed E-state index contributed by atoms with van der Waals surface area (Å²) in [6, 6.07) is 9.87. The molecule has 8 nitrogen and oxygen atoms in total. The molecular weight excluding hydrogens is 544 g/mol. The molecule has 0 radical (unpaired) electrons. The summed E-state index contributed by atoms with van der Waals surface area (Å²) in [5.74, 6) is 0.223. The number of rotatable bonds is 8. The molecule has 1 saturated carbocycles. The fourth-order valence-corrected chi connectivity index (χ4v) is 8.62. The summed E-state index contributed by atoms with van der Waals surface area (Å²) in [5.41, 5.74) is 4.15. The van der Waals surface area contributed by atoms with Crippen LogP contribution in [-0.2, 0) is 37.4 Å². The van der Waals surface area contributed by atoms with Crippen molar-refractivity contribution < 1.29 is 28.6 Å². The summed E-state index contributed by atoms with van der Waals surface area (Å²) in [6.45, 7) is 12.5. The van der Waals surface area contributed by atoms with Crippen molar-refractivity contribution in [3.63, 3.8) is 0 Å². The zero-order valence-corrected chi connectivity index (χ0v) is 25.9. The standard InChI is InChI=1S/C35H42N2O6/c1-7-17-37-18-16-34-31-26-11-12-28(41-23(4)38)32(31)42-33(34)27(14-15-35(34,29(37)20-26)43-24(5)39)36(6)30(40)13-10-25-9-8-21(2)22(3)19-25/h7-9,11-12,19,27,29,33H,1,10,13-18,20H2,2-6H3/t27?,29-,33?,34+,35-/m1/s1. The lowest BCUT2D eigenvalue weighted by molar-refractivity contribution is -0.222. The van der Waals surface area contributed by atoms with E-state index in [9.17, 15) is 14.4 Å². The second-order valence-corrected chi connectivity index (χ2v) is 12.8. The van der Waals surface area contributed by atoms with Crippen LogP contribution in [-0.4, -0.2) is 71.6 Å². The maximum Gasteiger partial charge on any atom is 0.308 e. The van der Waals surface area contributed by atoms with Crippen molar-refractivity contribution in [3.05, 3.63) is 70.8 Å². The van der Waals surface area contributed by atoms with Gasteiger partial charge in [-0.3, -0.25) is 19.3 Å². The van der Waals surface area contributed by atoms with Crippen LogP contribution < -0.4 is 9.47 Å². The van der Waals surface area contributed by atoms with Gasteiger partial charge in [-0.25, -0.2) is 0 Å². The first-order chi connectivity index (χ1) is 20.5. The average molecular weight is 587 g/mol. The molecule has 2 fully saturated rings. The van der Waals surface area contributed by atoms with Crippen LogP contribution in [0.2, 0.25) is 0 Å². The lowest BCUT2D eigenvalue weighted by Gasteiger charge is -2.65. The normalized spacial score (nSPS) is 28.3. The second kappa shape index (κ2) is 10.8. The van der Waals surface area contributed by atoms with Crippen molar-refractivity contribution in [2.45, 2.75) is 95.4 Å². The van der Waals surface area contributed by atoms with Crippen LogP contribution in [0.15, 0.2) is 43.0 Å². The molecule has 228 valence electrons. The third kappa shape index (κ3) is 4.48. The first kappa shape index (κ1) is 29.4. The SMILES string of the molecule is C=CCN1CC[C@]23c4c5ccc(OC(C)=O)c4OC2C(N(C)C(=O)CCc2ccc(C)c(C)c2)CC[C@@]3(OC(C)=O)[C@H]1C5. The molecule has 1 spiro atoms. The van der Waals surface area contributed by atoms with Crippen molar-refractivity contribution in [2.24, 2.45) is 0 Å². The number of piperidine rings is 1. The molecule has 2 bridgehead atoms. The minimum atomic E-state index is -0.850. The Bertz CT molecular complexity index is 1500. The molecular formula is C35H42N2O6. The summed E-state index contributed by atoms with van der Waals surface area (Å²) >= 11 is 0. The van der Waals surface area contributed by atoms with E-state index in [4.69, 9.17) is 14.2 Å². The third-order valence-electron chi connectivity index (χ3n) is 10.5. The van der Waals surface area contributed by atoms with Gasteiger partial charge in [0.25, 0.3) is 0 Å². The molecule has 1 amide bonds. The molecule has 2 aliphatic carbocycles. The predicted octanol–water partition coefficient (Wildman–Crippen LogP) is 4.60. The number of carbonyl (C=O) groups is 3. The van der Waals surface area contributed by atoms with Crippen molar-refractivity contribution >= 4 is 17.8 Å². The molecule has 1 saturated heterocycles. The number of aryl methyl sites for hydroxylation is 3. The molecule has 2 aliphatic heterocycles. The number of hydrogen-bond acceptors (Lipinski definition) is 7. The quantitative estimate of drug-likeness (QED) is 0.254. The van der Waals surface area contributed by atoms with E-state index in [1.54, 1.807) is 0 Å². The highest BCUT2D eigenvalue weighted by Crippen LogP contribution is 2.67. The van der Waals surface area contributed by atoms with Gasteiger partial charge < -0.3 is 19.1 Å². The van der Waals surface area contributed by atoms with Gasteiger partial charge in [-0.1, -0.05) is 30.3 Å². The van der Waals surface area contributed by atoms with Crippen molar-refractivity contribution in [2.75, 3.05) is 20.1 Å². The van der Waals surface area contributed by atoms with Gasteiger partial charge in [0.2, 0.25) is 5.91 Å². The lowest BCUT2D eigenvalue weighted by atomic mass is 9.48. The Balaban J connectivity index is 1.41. The van der Waals surface area contributed by atoms with Gasteiger partial charge in [-0.2, -0.15) is 0 Å². The fourth-order valence-electron chi connectivity index (χ4n) is 8.62.